The van der Waals surface area contributed by atoms with Gasteiger partial charge in [-0.15, -0.1) is 0 Å². The van der Waals surface area contributed by atoms with Crippen molar-refractivity contribution >= 4 is 17.6 Å². The quantitative estimate of drug-likeness (QED) is 0.332. The molecule has 0 aliphatic carbocycles. The zero-order chi connectivity index (χ0) is 14.4. The molecule has 1 unspecified atom stereocenters. The molecule has 1 amide bonds. The second-order valence-electron chi connectivity index (χ2n) is 4.82. The average molecular weight is 275 g/mol. The highest BCUT2D eigenvalue weighted by Crippen LogP contribution is 2.11. The van der Waals surface area contributed by atoms with Gasteiger partial charge in [0, 0.05) is 18.8 Å². The Kier molecular flexibility index (Phi) is 4.95. The second kappa shape index (κ2) is 6.91. The summed E-state index contributed by atoms with van der Waals surface area (Å²) in [7, 11) is 0. The maximum Gasteiger partial charge on any atom is 0.247 e. The standard InChI is InChI=1S/C14H21N5O/c1-11(13(20)19-9-5-6-10-19)16-14(18-15)17-12-7-3-2-4-8-12/h2-4,7-8,11H,5-6,9-10,15H2,1H3,(H2,16,17,18). The minimum Gasteiger partial charge on any atom is -0.341 e. The Balaban J connectivity index is 2.00. The number of hydrazine groups is 1. The van der Waals surface area contributed by atoms with Gasteiger partial charge in [0.1, 0.15) is 6.04 Å². The van der Waals surface area contributed by atoms with Crippen molar-refractivity contribution < 1.29 is 4.79 Å². The number of carbonyl (C=O) groups is 1. The predicted molar refractivity (Wildman–Crippen MR) is 80.1 cm³/mol. The Morgan fingerprint density at radius 3 is 2.55 bits per heavy atom. The number of hydrogen-bond donors (Lipinski definition) is 3. The third-order valence-electron chi connectivity index (χ3n) is 3.27. The van der Waals surface area contributed by atoms with Crippen molar-refractivity contribution in [1.29, 1.82) is 0 Å². The molecule has 4 N–H and O–H groups in total. The van der Waals surface area contributed by atoms with Crippen LogP contribution in [-0.2, 0) is 4.79 Å². The van der Waals surface area contributed by atoms with E-state index in [2.05, 4.69) is 15.7 Å². The van der Waals surface area contributed by atoms with Gasteiger partial charge in [-0.25, -0.2) is 10.8 Å². The summed E-state index contributed by atoms with van der Waals surface area (Å²) in [5.41, 5.74) is 3.36. The van der Waals surface area contributed by atoms with Gasteiger partial charge in [0.15, 0.2) is 0 Å². The fourth-order valence-corrected chi connectivity index (χ4v) is 2.21. The van der Waals surface area contributed by atoms with E-state index < -0.39 is 6.04 Å². The number of likely N-dealkylation sites (tertiary alicyclic amines) is 1. The maximum absolute atomic E-state index is 12.2. The van der Waals surface area contributed by atoms with Crippen molar-refractivity contribution in [2.75, 3.05) is 18.4 Å². The molecule has 0 spiro atoms. The van der Waals surface area contributed by atoms with Gasteiger partial charge in [0.2, 0.25) is 11.9 Å². The van der Waals surface area contributed by atoms with E-state index in [1.807, 2.05) is 35.2 Å². The largest absolute Gasteiger partial charge is 0.341 e. The molecule has 1 saturated heterocycles. The van der Waals surface area contributed by atoms with Gasteiger partial charge in [-0.3, -0.25) is 10.2 Å². The smallest absolute Gasteiger partial charge is 0.247 e. The number of hydrogen-bond acceptors (Lipinski definition) is 3. The molecule has 1 aliphatic heterocycles. The molecule has 6 nitrogen and oxygen atoms in total. The summed E-state index contributed by atoms with van der Waals surface area (Å²) in [4.78, 5) is 18.3. The average Bonchev–Trinajstić information content (AvgIpc) is 3.01. The molecule has 2 rings (SSSR count). The van der Waals surface area contributed by atoms with Crippen LogP contribution in [0.15, 0.2) is 35.3 Å². The number of nitrogens with two attached hydrogens (primary N) is 1. The van der Waals surface area contributed by atoms with Crippen molar-refractivity contribution in [2.24, 2.45) is 10.8 Å². The van der Waals surface area contributed by atoms with E-state index in [9.17, 15) is 4.79 Å². The van der Waals surface area contributed by atoms with Crippen LogP contribution < -0.4 is 16.6 Å². The number of aliphatic imine (C=N–C) groups is 1. The van der Waals surface area contributed by atoms with E-state index in [-0.39, 0.29) is 5.91 Å². The van der Waals surface area contributed by atoms with Crippen LogP contribution in [0, 0.1) is 0 Å². The van der Waals surface area contributed by atoms with Crippen LogP contribution in [0.3, 0.4) is 0 Å². The van der Waals surface area contributed by atoms with E-state index in [1.165, 1.54) is 0 Å². The van der Waals surface area contributed by atoms with E-state index in [4.69, 9.17) is 5.84 Å². The van der Waals surface area contributed by atoms with Gasteiger partial charge < -0.3 is 10.2 Å². The van der Waals surface area contributed by atoms with Crippen LogP contribution in [0.25, 0.3) is 0 Å². The first-order valence-corrected chi connectivity index (χ1v) is 6.86. The molecule has 1 aromatic carbocycles. The lowest BCUT2D eigenvalue weighted by atomic mass is 10.3. The van der Waals surface area contributed by atoms with E-state index in [1.54, 1.807) is 6.92 Å². The second-order valence-corrected chi connectivity index (χ2v) is 4.82. The van der Waals surface area contributed by atoms with Gasteiger partial charge in [-0.05, 0) is 31.9 Å². The van der Waals surface area contributed by atoms with Crippen LogP contribution in [0.2, 0.25) is 0 Å². The zero-order valence-corrected chi connectivity index (χ0v) is 11.7. The highest BCUT2D eigenvalue weighted by atomic mass is 16.2. The van der Waals surface area contributed by atoms with Crippen LogP contribution in [0.4, 0.5) is 5.69 Å². The lowest BCUT2D eigenvalue weighted by Crippen LogP contribution is -2.40. The lowest BCUT2D eigenvalue weighted by Gasteiger charge is -2.19. The minimum absolute atomic E-state index is 0.0464. The number of nitrogens with one attached hydrogen (secondary N) is 2. The van der Waals surface area contributed by atoms with Crippen molar-refractivity contribution in [3.63, 3.8) is 0 Å². The minimum atomic E-state index is -0.449. The van der Waals surface area contributed by atoms with Crippen LogP contribution in [0.1, 0.15) is 19.8 Å². The number of anilines is 1. The highest BCUT2D eigenvalue weighted by molar-refractivity contribution is 5.95. The Bertz CT molecular complexity index is 468. The number of benzene rings is 1. The summed E-state index contributed by atoms with van der Waals surface area (Å²) in [6.07, 6.45) is 2.15. The third kappa shape index (κ3) is 3.71. The molecular formula is C14H21N5O. The lowest BCUT2D eigenvalue weighted by molar-refractivity contribution is -0.131. The molecule has 0 aromatic heterocycles. The number of rotatable bonds is 3. The van der Waals surface area contributed by atoms with E-state index in [0.29, 0.717) is 5.96 Å². The van der Waals surface area contributed by atoms with Gasteiger partial charge in [0.25, 0.3) is 0 Å². The number of amides is 1. The Labute approximate surface area is 119 Å². The highest BCUT2D eigenvalue weighted by Gasteiger charge is 2.23. The fourth-order valence-electron chi connectivity index (χ4n) is 2.21. The first-order chi connectivity index (χ1) is 9.70. The predicted octanol–water partition coefficient (Wildman–Crippen LogP) is 0.929. The van der Waals surface area contributed by atoms with Gasteiger partial charge in [0.05, 0.1) is 0 Å². The summed E-state index contributed by atoms with van der Waals surface area (Å²) in [6, 6.07) is 9.11. The summed E-state index contributed by atoms with van der Waals surface area (Å²) in [6.45, 7) is 3.44. The van der Waals surface area contributed by atoms with Crippen LogP contribution in [-0.4, -0.2) is 35.9 Å². The number of para-hydroxylation sites is 1. The Morgan fingerprint density at radius 2 is 1.95 bits per heavy atom. The maximum atomic E-state index is 12.2. The topological polar surface area (TPSA) is 82.7 Å². The molecule has 0 saturated carbocycles. The van der Waals surface area contributed by atoms with Gasteiger partial charge in [-0.2, -0.15) is 0 Å². The molecule has 108 valence electrons. The SMILES string of the molecule is CC(N=C(NN)Nc1ccccc1)C(=O)N1CCCC1. The molecule has 1 aromatic rings. The van der Waals surface area contributed by atoms with Gasteiger partial charge in [-0.1, -0.05) is 18.2 Å². The van der Waals surface area contributed by atoms with Crippen LogP contribution >= 0.6 is 0 Å². The number of guanidine groups is 1. The molecule has 20 heavy (non-hydrogen) atoms. The van der Waals surface area contributed by atoms with Crippen molar-refractivity contribution in [3.8, 4) is 0 Å². The Morgan fingerprint density at radius 1 is 1.30 bits per heavy atom. The Hall–Kier alpha value is -2.08. The fraction of sp³-hybridized carbons (Fsp3) is 0.429. The van der Waals surface area contributed by atoms with E-state index >= 15 is 0 Å². The van der Waals surface area contributed by atoms with Gasteiger partial charge >= 0.3 is 0 Å². The number of carbonyl (C=O) groups excluding carboxylic acids is 1. The molecule has 1 atom stereocenters. The van der Waals surface area contributed by atoms with Crippen molar-refractivity contribution in [1.82, 2.24) is 10.3 Å². The molecule has 6 heteroatoms. The van der Waals surface area contributed by atoms with Crippen molar-refractivity contribution in [2.45, 2.75) is 25.8 Å². The summed E-state index contributed by atoms with van der Waals surface area (Å²) < 4.78 is 0. The molecular weight excluding hydrogens is 254 g/mol. The summed E-state index contributed by atoms with van der Waals surface area (Å²) in [5, 5.41) is 3.05. The van der Waals surface area contributed by atoms with Crippen LogP contribution in [0.5, 0.6) is 0 Å². The van der Waals surface area contributed by atoms with Crippen molar-refractivity contribution in [3.05, 3.63) is 30.3 Å². The normalized spacial score (nSPS) is 16.9. The molecule has 0 radical (unpaired) electrons. The number of nitrogens with zero attached hydrogens (tertiary/aromatic N) is 2. The molecule has 1 fully saturated rings. The third-order valence-corrected chi connectivity index (χ3v) is 3.27. The molecule has 0 bridgehead atoms. The molecule has 1 aliphatic rings. The summed E-state index contributed by atoms with van der Waals surface area (Å²) in [5.74, 6) is 5.89. The molecule has 1 heterocycles. The monoisotopic (exact) mass is 275 g/mol. The van der Waals surface area contributed by atoms with E-state index in [0.717, 1.165) is 31.6 Å². The first-order valence-electron chi connectivity index (χ1n) is 6.86. The zero-order valence-electron chi connectivity index (χ0n) is 11.7. The summed E-state index contributed by atoms with van der Waals surface area (Å²) >= 11 is 0. The first kappa shape index (κ1) is 14.3.